The van der Waals surface area contributed by atoms with Crippen LogP contribution in [0.25, 0.3) is 0 Å². The van der Waals surface area contributed by atoms with Crippen LogP contribution in [0.4, 0.5) is 0 Å². The fourth-order valence-electron chi connectivity index (χ4n) is 2.21. The van der Waals surface area contributed by atoms with E-state index in [4.69, 9.17) is 11.6 Å². The Hall–Kier alpha value is -0.580. The topological polar surface area (TPSA) is 50.1 Å². The maximum Gasteiger partial charge on any atom is 0.150 e. The monoisotopic (exact) mass is 243 g/mol. The third kappa shape index (κ3) is 2.39. The largest absolute Gasteiger partial charge is 0.389 e. The summed E-state index contributed by atoms with van der Waals surface area (Å²) >= 11 is 6.05. The Bertz CT molecular complexity index is 358. The molecule has 90 valence electrons. The summed E-state index contributed by atoms with van der Waals surface area (Å²) in [6, 6.07) is 0. The summed E-state index contributed by atoms with van der Waals surface area (Å²) in [5.41, 5.74) is 0.329. The van der Waals surface area contributed by atoms with E-state index in [0.717, 1.165) is 38.2 Å². The van der Waals surface area contributed by atoms with Crippen molar-refractivity contribution in [1.82, 2.24) is 14.9 Å². The lowest BCUT2D eigenvalue weighted by atomic mass is 9.88. The summed E-state index contributed by atoms with van der Waals surface area (Å²) in [6.07, 6.45) is 3.89. The first-order valence-corrected chi connectivity index (χ1v) is 6.15. The van der Waals surface area contributed by atoms with Gasteiger partial charge in [-0.15, -0.1) is 0 Å². The molecule has 0 aromatic carbocycles. The SMILES string of the molecule is CCn1cnc(Cl)c1CC1(O)CCNCC1. The van der Waals surface area contributed by atoms with Crippen molar-refractivity contribution >= 4 is 11.6 Å². The van der Waals surface area contributed by atoms with Gasteiger partial charge in [0, 0.05) is 13.0 Å². The summed E-state index contributed by atoms with van der Waals surface area (Å²) in [5.74, 6) is 0. The second kappa shape index (κ2) is 4.73. The maximum absolute atomic E-state index is 10.4. The number of rotatable bonds is 3. The predicted octanol–water partition coefficient (Wildman–Crippen LogP) is 1.21. The first kappa shape index (κ1) is 11.9. The summed E-state index contributed by atoms with van der Waals surface area (Å²) < 4.78 is 2.00. The molecule has 0 bridgehead atoms. The van der Waals surface area contributed by atoms with Gasteiger partial charge in [-0.1, -0.05) is 11.6 Å². The first-order valence-electron chi connectivity index (χ1n) is 5.77. The highest BCUT2D eigenvalue weighted by atomic mass is 35.5. The van der Waals surface area contributed by atoms with Crippen molar-refractivity contribution in [3.8, 4) is 0 Å². The van der Waals surface area contributed by atoms with Crippen molar-refractivity contribution < 1.29 is 5.11 Å². The van der Waals surface area contributed by atoms with Gasteiger partial charge in [0.25, 0.3) is 0 Å². The second-order valence-corrected chi connectivity index (χ2v) is 4.78. The van der Waals surface area contributed by atoms with Crippen molar-refractivity contribution in [3.63, 3.8) is 0 Å². The van der Waals surface area contributed by atoms with Crippen LogP contribution in [0, 0.1) is 0 Å². The van der Waals surface area contributed by atoms with Gasteiger partial charge in [0.15, 0.2) is 0 Å². The molecule has 2 rings (SSSR count). The molecular weight excluding hydrogens is 226 g/mol. The third-order valence-corrected chi connectivity index (χ3v) is 3.58. The molecule has 1 fully saturated rings. The summed E-state index contributed by atoms with van der Waals surface area (Å²) in [4.78, 5) is 4.09. The second-order valence-electron chi connectivity index (χ2n) is 4.42. The average Bonchev–Trinajstić information content (AvgIpc) is 2.61. The summed E-state index contributed by atoms with van der Waals surface area (Å²) in [7, 11) is 0. The van der Waals surface area contributed by atoms with Gasteiger partial charge < -0.3 is 15.0 Å². The molecule has 5 heteroatoms. The number of halogens is 1. The number of nitrogens with one attached hydrogen (secondary N) is 1. The van der Waals surface area contributed by atoms with Gasteiger partial charge in [0.05, 0.1) is 17.6 Å². The van der Waals surface area contributed by atoms with Gasteiger partial charge in [-0.2, -0.15) is 0 Å². The van der Waals surface area contributed by atoms with Crippen molar-refractivity contribution in [3.05, 3.63) is 17.2 Å². The molecule has 4 nitrogen and oxygen atoms in total. The molecule has 1 saturated heterocycles. The molecule has 2 N–H and O–H groups in total. The number of aryl methyl sites for hydroxylation is 1. The first-order chi connectivity index (χ1) is 7.64. The van der Waals surface area contributed by atoms with E-state index in [1.165, 1.54) is 0 Å². The third-order valence-electron chi connectivity index (χ3n) is 3.27. The van der Waals surface area contributed by atoms with Crippen LogP contribution in [-0.2, 0) is 13.0 Å². The van der Waals surface area contributed by atoms with Crippen LogP contribution in [0.5, 0.6) is 0 Å². The Morgan fingerprint density at radius 2 is 2.25 bits per heavy atom. The Balaban J connectivity index is 2.15. The smallest absolute Gasteiger partial charge is 0.150 e. The molecule has 0 aliphatic carbocycles. The van der Waals surface area contributed by atoms with E-state index in [1.807, 2.05) is 11.5 Å². The number of aliphatic hydroxyl groups is 1. The number of nitrogens with zero attached hydrogens (tertiary/aromatic N) is 2. The minimum Gasteiger partial charge on any atom is -0.389 e. The van der Waals surface area contributed by atoms with E-state index in [0.29, 0.717) is 11.6 Å². The van der Waals surface area contributed by atoms with Crippen LogP contribution in [-0.4, -0.2) is 33.3 Å². The van der Waals surface area contributed by atoms with Gasteiger partial charge >= 0.3 is 0 Å². The molecule has 1 aliphatic rings. The molecule has 0 spiro atoms. The zero-order valence-electron chi connectivity index (χ0n) is 9.54. The lowest BCUT2D eigenvalue weighted by Crippen LogP contribution is -2.43. The van der Waals surface area contributed by atoms with E-state index < -0.39 is 5.60 Å². The highest BCUT2D eigenvalue weighted by Crippen LogP contribution is 2.26. The van der Waals surface area contributed by atoms with Crippen molar-refractivity contribution in [2.24, 2.45) is 0 Å². The van der Waals surface area contributed by atoms with E-state index in [-0.39, 0.29) is 0 Å². The molecule has 0 atom stereocenters. The molecule has 1 aliphatic heterocycles. The van der Waals surface area contributed by atoms with Crippen LogP contribution in [0.15, 0.2) is 6.33 Å². The summed E-state index contributed by atoms with van der Waals surface area (Å²) in [6.45, 7) is 4.63. The number of hydrogen-bond acceptors (Lipinski definition) is 3. The minimum absolute atomic E-state index is 0.522. The lowest BCUT2D eigenvalue weighted by Gasteiger charge is -2.32. The predicted molar refractivity (Wildman–Crippen MR) is 63.7 cm³/mol. The Kier molecular flexibility index (Phi) is 3.52. The van der Waals surface area contributed by atoms with Crippen LogP contribution >= 0.6 is 11.6 Å². The molecule has 0 saturated carbocycles. The van der Waals surface area contributed by atoms with Crippen molar-refractivity contribution in [1.29, 1.82) is 0 Å². The number of piperidine rings is 1. The van der Waals surface area contributed by atoms with Crippen molar-refractivity contribution in [2.75, 3.05) is 13.1 Å². The average molecular weight is 244 g/mol. The highest BCUT2D eigenvalue weighted by Gasteiger charge is 2.31. The molecule has 0 amide bonds. The van der Waals surface area contributed by atoms with Crippen LogP contribution in [0.1, 0.15) is 25.5 Å². The van der Waals surface area contributed by atoms with Crippen LogP contribution < -0.4 is 5.32 Å². The van der Waals surface area contributed by atoms with Crippen molar-refractivity contribution in [2.45, 2.75) is 38.3 Å². The van der Waals surface area contributed by atoms with Crippen LogP contribution in [0.2, 0.25) is 5.15 Å². The quantitative estimate of drug-likeness (QED) is 0.839. The zero-order valence-corrected chi connectivity index (χ0v) is 10.3. The normalized spacial score (nSPS) is 19.9. The minimum atomic E-state index is -0.623. The Labute approximate surface area is 101 Å². The van der Waals surface area contributed by atoms with E-state index in [2.05, 4.69) is 10.3 Å². The number of imidazole rings is 1. The van der Waals surface area contributed by atoms with Crippen LogP contribution in [0.3, 0.4) is 0 Å². The summed E-state index contributed by atoms with van der Waals surface area (Å²) in [5, 5.41) is 14.2. The van der Waals surface area contributed by atoms with Gasteiger partial charge in [0.2, 0.25) is 0 Å². The highest BCUT2D eigenvalue weighted by molar-refractivity contribution is 6.30. The zero-order chi connectivity index (χ0) is 11.6. The Morgan fingerprint density at radius 1 is 1.56 bits per heavy atom. The van der Waals surface area contributed by atoms with Gasteiger partial charge in [-0.3, -0.25) is 0 Å². The van der Waals surface area contributed by atoms with E-state index in [9.17, 15) is 5.11 Å². The standard InChI is InChI=1S/C11H18ClN3O/c1-2-15-8-14-10(12)9(15)7-11(16)3-5-13-6-4-11/h8,13,16H,2-7H2,1H3. The number of aromatic nitrogens is 2. The molecule has 16 heavy (non-hydrogen) atoms. The number of hydrogen-bond donors (Lipinski definition) is 2. The molecule has 0 radical (unpaired) electrons. The van der Waals surface area contributed by atoms with Gasteiger partial charge in [0.1, 0.15) is 5.15 Å². The van der Waals surface area contributed by atoms with E-state index in [1.54, 1.807) is 6.33 Å². The molecule has 1 aromatic rings. The fourth-order valence-corrected chi connectivity index (χ4v) is 2.43. The fraction of sp³-hybridized carbons (Fsp3) is 0.727. The van der Waals surface area contributed by atoms with Gasteiger partial charge in [-0.25, -0.2) is 4.98 Å². The van der Waals surface area contributed by atoms with Gasteiger partial charge in [-0.05, 0) is 32.9 Å². The Morgan fingerprint density at radius 3 is 2.88 bits per heavy atom. The molecular formula is C11H18ClN3O. The molecule has 0 unspecified atom stereocenters. The molecule has 2 heterocycles. The lowest BCUT2D eigenvalue weighted by molar-refractivity contribution is 0.00935. The maximum atomic E-state index is 10.4. The van der Waals surface area contributed by atoms with E-state index >= 15 is 0 Å². The molecule has 1 aromatic heterocycles.